The predicted octanol–water partition coefficient (Wildman–Crippen LogP) is 4.63. The number of rotatable bonds is 5. The van der Waals surface area contributed by atoms with Crippen molar-refractivity contribution < 1.29 is 9.90 Å². The van der Waals surface area contributed by atoms with E-state index >= 15 is 0 Å². The Labute approximate surface area is 179 Å². The van der Waals surface area contributed by atoms with Gasteiger partial charge in [0.15, 0.2) is 0 Å². The molecule has 0 saturated heterocycles. The van der Waals surface area contributed by atoms with E-state index in [9.17, 15) is 9.90 Å². The maximum absolute atomic E-state index is 13.3. The fraction of sp³-hybridized carbons (Fsp3) is 0.538. The van der Waals surface area contributed by atoms with Gasteiger partial charge in [0.05, 0.1) is 11.6 Å². The van der Waals surface area contributed by atoms with E-state index < -0.39 is 5.60 Å². The summed E-state index contributed by atoms with van der Waals surface area (Å²) in [6.07, 6.45) is 10.2. The SMILES string of the molecule is Cc1ccc([C@@H](NC(=O)CC23C[C@H]4C[C@@H](CC(O)(C4)C2)C3)c2ccncc2)cc1C. The zero-order chi connectivity index (χ0) is 20.9. The van der Waals surface area contributed by atoms with Crippen LogP contribution in [0.4, 0.5) is 0 Å². The molecule has 4 fully saturated rings. The van der Waals surface area contributed by atoms with Gasteiger partial charge in [0.2, 0.25) is 5.91 Å². The normalized spacial score (nSPS) is 32.8. The molecule has 158 valence electrons. The summed E-state index contributed by atoms with van der Waals surface area (Å²) in [7, 11) is 0. The van der Waals surface area contributed by atoms with Crippen LogP contribution in [0.2, 0.25) is 0 Å². The number of carbonyl (C=O) groups is 1. The fourth-order valence-electron chi connectivity index (χ4n) is 7.02. The minimum Gasteiger partial charge on any atom is -0.390 e. The summed E-state index contributed by atoms with van der Waals surface area (Å²) in [5, 5.41) is 14.4. The highest BCUT2D eigenvalue weighted by molar-refractivity contribution is 5.78. The van der Waals surface area contributed by atoms with E-state index in [2.05, 4.69) is 42.3 Å². The van der Waals surface area contributed by atoms with Crippen LogP contribution in [0.3, 0.4) is 0 Å². The van der Waals surface area contributed by atoms with E-state index in [1.165, 1.54) is 17.5 Å². The molecular formula is C26H32N2O2. The lowest BCUT2D eigenvalue weighted by Crippen LogP contribution is -2.56. The molecule has 2 aromatic rings. The largest absolute Gasteiger partial charge is 0.390 e. The second-order valence-corrected chi connectivity index (χ2v) is 10.5. The van der Waals surface area contributed by atoms with Crippen molar-refractivity contribution in [3.8, 4) is 0 Å². The van der Waals surface area contributed by atoms with Crippen LogP contribution in [0.15, 0.2) is 42.7 Å². The van der Waals surface area contributed by atoms with Crippen LogP contribution >= 0.6 is 0 Å². The Kier molecular flexibility index (Phi) is 4.73. The van der Waals surface area contributed by atoms with E-state index in [0.29, 0.717) is 18.3 Å². The number of carbonyl (C=O) groups excluding carboxylic acids is 1. The Morgan fingerprint density at radius 3 is 2.40 bits per heavy atom. The van der Waals surface area contributed by atoms with Gasteiger partial charge in [0.1, 0.15) is 0 Å². The first-order chi connectivity index (χ1) is 14.3. The van der Waals surface area contributed by atoms with Crippen LogP contribution in [-0.4, -0.2) is 21.6 Å². The zero-order valence-electron chi connectivity index (χ0n) is 18.0. The van der Waals surface area contributed by atoms with Crippen LogP contribution in [0.25, 0.3) is 0 Å². The number of aromatic nitrogens is 1. The van der Waals surface area contributed by atoms with Gasteiger partial charge in [-0.3, -0.25) is 9.78 Å². The lowest BCUT2D eigenvalue weighted by atomic mass is 9.47. The summed E-state index contributed by atoms with van der Waals surface area (Å²) < 4.78 is 0. The molecule has 2 N–H and O–H groups in total. The molecule has 4 heteroatoms. The average molecular weight is 405 g/mol. The number of aryl methyl sites for hydroxylation is 2. The number of hydrogen-bond donors (Lipinski definition) is 2. The molecule has 1 aromatic heterocycles. The molecule has 0 radical (unpaired) electrons. The summed E-state index contributed by atoms with van der Waals surface area (Å²) in [4.78, 5) is 17.5. The second-order valence-electron chi connectivity index (χ2n) is 10.5. The summed E-state index contributed by atoms with van der Waals surface area (Å²) in [5.74, 6) is 1.29. The van der Waals surface area contributed by atoms with Crippen LogP contribution < -0.4 is 5.32 Å². The summed E-state index contributed by atoms with van der Waals surface area (Å²) in [6.45, 7) is 4.22. The Balaban J connectivity index is 1.38. The molecule has 0 spiro atoms. The predicted molar refractivity (Wildman–Crippen MR) is 117 cm³/mol. The van der Waals surface area contributed by atoms with Crippen molar-refractivity contribution in [2.45, 2.75) is 70.4 Å². The van der Waals surface area contributed by atoms with Gasteiger partial charge in [-0.15, -0.1) is 0 Å². The molecule has 1 heterocycles. The number of benzene rings is 1. The van der Waals surface area contributed by atoms with Crippen molar-refractivity contribution in [3.63, 3.8) is 0 Å². The highest BCUT2D eigenvalue weighted by Gasteiger charge is 2.57. The number of hydrogen-bond acceptors (Lipinski definition) is 3. The third kappa shape index (κ3) is 3.66. The highest BCUT2D eigenvalue weighted by atomic mass is 16.3. The van der Waals surface area contributed by atoms with Gasteiger partial charge in [-0.25, -0.2) is 0 Å². The number of amides is 1. The van der Waals surface area contributed by atoms with Crippen LogP contribution in [-0.2, 0) is 4.79 Å². The van der Waals surface area contributed by atoms with Gasteiger partial charge >= 0.3 is 0 Å². The summed E-state index contributed by atoms with van der Waals surface area (Å²) in [5.41, 5.74) is 4.08. The average Bonchev–Trinajstić information content (AvgIpc) is 2.67. The lowest BCUT2D eigenvalue weighted by molar-refractivity contribution is -0.169. The first kappa shape index (κ1) is 19.7. The fourth-order valence-corrected chi connectivity index (χ4v) is 7.02. The zero-order valence-corrected chi connectivity index (χ0v) is 18.0. The van der Waals surface area contributed by atoms with E-state index in [1.807, 2.05) is 12.1 Å². The topological polar surface area (TPSA) is 62.2 Å². The van der Waals surface area contributed by atoms with Crippen LogP contribution in [0, 0.1) is 31.1 Å². The molecule has 4 bridgehead atoms. The minimum absolute atomic E-state index is 0.0189. The lowest BCUT2D eigenvalue weighted by Gasteiger charge is -2.60. The third-order valence-electron chi connectivity index (χ3n) is 7.90. The molecule has 30 heavy (non-hydrogen) atoms. The standard InChI is InChI=1S/C26H32N2O2/c1-17-3-4-22(9-18(17)2)24(21-5-7-27-8-6-21)28-23(29)15-25-11-19-10-20(12-25)14-26(30,13-19)16-25/h3-9,19-20,24,30H,10-16H2,1-2H3,(H,28,29)/t19-,20-,24+,25?,26?/m1/s1. The Morgan fingerprint density at radius 2 is 1.77 bits per heavy atom. The van der Waals surface area contributed by atoms with Crippen molar-refractivity contribution in [1.82, 2.24) is 10.3 Å². The molecule has 4 nitrogen and oxygen atoms in total. The van der Waals surface area contributed by atoms with Crippen LogP contribution in [0.5, 0.6) is 0 Å². The smallest absolute Gasteiger partial charge is 0.221 e. The van der Waals surface area contributed by atoms with E-state index in [4.69, 9.17) is 0 Å². The minimum atomic E-state index is -0.525. The summed E-state index contributed by atoms with van der Waals surface area (Å²) >= 11 is 0. The molecule has 0 unspecified atom stereocenters. The van der Waals surface area contributed by atoms with Crippen LogP contribution in [0.1, 0.15) is 73.2 Å². The molecular weight excluding hydrogens is 372 g/mol. The maximum Gasteiger partial charge on any atom is 0.221 e. The van der Waals surface area contributed by atoms with Gasteiger partial charge in [0, 0.05) is 18.8 Å². The van der Waals surface area contributed by atoms with E-state index in [-0.39, 0.29) is 17.4 Å². The summed E-state index contributed by atoms with van der Waals surface area (Å²) in [6, 6.07) is 10.2. The Hall–Kier alpha value is -2.20. The second kappa shape index (κ2) is 7.19. The first-order valence-corrected chi connectivity index (χ1v) is 11.3. The van der Waals surface area contributed by atoms with E-state index in [1.54, 1.807) is 12.4 Å². The molecule has 1 amide bonds. The maximum atomic E-state index is 13.3. The molecule has 6 rings (SSSR count). The molecule has 4 aliphatic carbocycles. The monoisotopic (exact) mass is 404 g/mol. The molecule has 1 aromatic carbocycles. The number of nitrogens with zero attached hydrogens (tertiary/aromatic N) is 1. The Morgan fingerprint density at radius 1 is 1.07 bits per heavy atom. The van der Waals surface area contributed by atoms with Crippen molar-refractivity contribution in [2.24, 2.45) is 17.3 Å². The number of nitrogens with one attached hydrogen (secondary N) is 1. The highest BCUT2D eigenvalue weighted by Crippen LogP contribution is 2.62. The van der Waals surface area contributed by atoms with Crippen molar-refractivity contribution >= 4 is 5.91 Å². The quantitative estimate of drug-likeness (QED) is 0.764. The van der Waals surface area contributed by atoms with Crippen molar-refractivity contribution in [2.75, 3.05) is 0 Å². The van der Waals surface area contributed by atoms with Gasteiger partial charge in [-0.05, 0) is 104 Å². The third-order valence-corrected chi connectivity index (χ3v) is 7.90. The van der Waals surface area contributed by atoms with E-state index in [0.717, 1.165) is 43.2 Å². The van der Waals surface area contributed by atoms with Gasteiger partial charge in [-0.1, -0.05) is 18.2 Å². The van der Waals surface area contributed by atoms with Gasteiger partial charge < -0.3 is 10.4 Å². The number of aliphatic hydroxyl groups is 1. The molecule has 3 atom stereocenters. The molecule has 0 aliphatic heterocycles. The molecule has 4 aliphatic rings. The van der Waals surface area contributed by atoms with Gasteiger partial charge in [-0.2, -0.15) is 0 Å². The molecule has 4 saturated carbocycles. The number of pyridine rings is 1. The first-order valence-electron chi connectivity index (χ1n) is 11.3. The van der Waals surface area contributed by atoms with Crippen molar-refractivity contribution in [1.29, 1.82) is 0 Å². The van der Waals surface area contributed by atoms with Crippen molar-refractivity contribution in [3.05, 3.63) is 65.0 Å². The van der Waals surface area contributed by atoms with Gasteiger partial charge in [0.25, 0.3) is 0 Å². The Bertz CT molecular complexity index is 941.